The predicted molar refractivity (Wildman–Crippen MR) is 92.8 cm³/mol. The average molecular weight is 350 g/mol. The van der Waals surface area contributed by atoms with Gasteiger partial charge < -0.3 is 14.8 Å². The molecule has 1 aromatic rings. The molecule has 0 saturated carbocycles. The fraction of sp³-hybridized carbons (Fsp3) is 0.833. The van der Waals surface area contributed by atoms with Crippen LogP contribution in [-0.4, -0.2) is 45.8 Å². The zero-order chi connectivity index (χ0) is 17.7. The van der Waals surface area contributed by atoms with Gasteiger partial charge in [0.15, 0.2) is 0 Å². The Hall–Kier alpha value is -1.47. The minimum Gasteiger partial charge on any atom is -0.378 e. The molecule has 0 bridgehead atoms. The van der Waals surface area contributed by atoms with Crippen LogP contribution in [0.5, 0.6) is 0 Å². The fourth-order valence-electron chi connectivity index (χ4n) is 3.83. The minimum atomic E-state index is -0.0738. The highest BCUT2D eigenvalue weighted by atomic mass is 16.6. The number of aromatic nitrogens is 3. The smallest absolute Gasteiger partial charge is 0.223 e. The summed E-state index contributed by atoms with van der Waals surface area (Å²) in [6.45, 7) is 6.73. The van der Waals surface area contributed by atoms with Gasteiger partial charge >= 0.3 is 0 Å². The van der Waals surface area contributed by atoms with Crippen LogP contribution < -0.4 is 5.32 Å². The molecule has 3 heterocycles. The van der Waals surface area contributed by atoms with E-state index in [9.17, 15) is 4.79 Å². The van der Waals surface area contributed by atoms with E-state index >= 15 is 0 Å². The first-order valence-electron chi connectivity index (χ1n) is 9.56. The van der Waals surface area contributed by atoms with Crippen molar-refractivity contribution in [2.75, 3.05) is 13.2 Å². The maximum absolute atomic E-state index is 12.0. The van der Waals surface area contributed by atoms with Crippen molar-refractivity contribution in [1.29, 1.82) is 0 Å². The molecule has 2 unspecified atom stereocenters. The van der Waals surface area contributed by atoms with Crippen molar-refractivity contribution in [3.8, 4) is 0 Å². The van der Waals surface area contributed by atoms with E-state index in [-0.39, 0.29) is 23.5 Å². The van der Waals surface area contributed by atoms with Crippen molar-refractivity contribution in [2.45, 2.75) is 77.2 Å². The first kappa shape index (κ1) is 18.3. The Labute approximate surface area is 149 Å². The zero-order valence-electron chi connectivity index (χ0n) is 15.4. The second kappa shape index (κ2) is 8.27. The average Bonchev–Trinajstić information content (AvgIpc) is 3.24. The summed E-state index contributed by atoms with van der Waals surface area (Å²) in [5.41, 5.74) is 0.712. The molecule has 7 nitrogen and oxygen atoms in total. The van der Waals surface area contributed by atoms with Gasteiger partial charge in [-0.15, -0.1) is 5.10 Å². The van der Waals surface area contributed by atoms with E-state index in [0.717, 1.165) is 44.4 Å². The first-order valence-corrected chi connectivity index (χ1v) is 9.56. The zero-order valence-corrected chi connectivity index (χ0v) is 15.4. The number of hydrogen-bond acceptors (Lipinski definition) is 5. The number of hydrogen-bond donors (Lipinski definition) is 1. The molecule has 1 N–H and O–H groups in total. The predicted octanol–water partition coefficient (Wildman–Crippen LogP) is 2.06. The second-order valence-corrected chi connectivity index (χ2v) is 7.28. The van der Waals surface area contributed by atoms with Crippen molar-refractivity contribution in [1.82, 2.24) is 20.3 Å². The molecular formula is C18H30N4O3. The highest BCUT2D eigenvalue weighted by Gasteiger charge is 2.40. The van der Waals surface area contributed by atoms with E-state index in [1.54, 1.807) is 0 Å². The van der Waals surface area contributed by atoms with E-state index in [2.05, 4.69) is 15.6 Å². The number of amides is 1. The van der Waals surface area contributed by atoms with Gasteiger partial charge in [0.2, 0.25) is 5.91 Å². The molecule has 0 aromatic carbocycles. The molecule has 0 aliphatic carbocycles. The van der Waals surface area contributed by atoms with Gasteiger partial charge in [-0.2, -0.15) is 0 Å². The summed E-state index contributed by atoms with van der Waals surface area (Å²) in [5, 5.41) is 11.3. The molecule has 140 valence electrons. The molecule has 1 aromatic heterocycles. The van der Waals surface area contributed by atoms with Crippen LogP contribution in [0.1, 0.15) is 58.1 Å². The van der Waals surface area contributed by atoms with Crippen LogP contribution in [0.2, 0.25) is 0 Å². The van der Waals surface area contributed by atoms with E-state index in [1.807, 2.05) is 24.7 Å². The van der Waals surface area contributed by atoms with Crippen molar-refractivity contribution in [3.05, 3.63) is 11.9 Å². The van der Waals surface area contributed by atoms with Crippen LogP contribution in [0.25, 0.3) is 0 Å². The third-order valence-corrected chi connectivity index (χ3v) is 5.42. The molecule has 2 saturated heterocycles. The number of carbonyl (C=O) groups excluding carboxylic acids is 1. The lowest BCUT2D eigenvalue weighted by Gasteiger charge is -2.37. The quantitative estimate of drug-likeness (QED) is 0.814. The molecule has 2 aliphatic rings. The van der Waals surface area contributed by atoms with Gasteiger partial charge in [0.05, 0.1) is 37.6 Å². The largest absolute Gasteiger partial charge is 0.378 e. The van der Waals surface area contributed by atoms with E-state index in [1.165, 1.54) is 6.42 Å². The summed E-state index contributed by atoms with van der Waals surface area (Å²) in [6, 6.07) is 0. The SMILES string of the molecule is CCC(CC)C(=O)NCc1cn(CC2CCCC3(CCOC3)O2)nn1. The van der Waals surface area contributed by atoms with Crippen molar-refractivity contribution < 1.29 is 14.3 Å². The van der Waals surface area contributed by atoms with E-state index < -0.39 is 0 Å². The lowest BCUT2D eigenvalue weighted by molar-refractivity contribution is -0.133. The van der Waals surface area contributed by atoms with Gasteiger partial charge in [-0.1, -0.05) is 19.1 Å². The maximum Gasteiger partial charge on any atom is 0.223 e. The van der Waals surface area contributed by atoms with Crippen LogP contribution >= 0.6 is 0 Å². The summed E-state index contributed by atoms with van der Waals surface area (Å²) in [5.74, 6) is 0.175. The molecule has 0 radical (unpaired) electrons. The summed E-state index contributed by atoms with van der Waals surface area (Å²) in [7, 11) is 0. The van der Waals surface area contributed by atoms with Crippen molar-refractivity contribution >= 4 is 5.91 Å². The van der Waals surface area contributed by atoms with Crippen LogP contribution in [0.15, 0.2) is 6.20 Å². The molecule has 3 rings (SSSR count). The number of nitrogens with one attached hydrogen (secondary N) is 1. The van der Waals surface area contributed by atoms with Gasteiger partial charge in [-0.05, 0) is 32.1 Å². The third kappa shape index (κ3) is 4.58. The molecule has 1 amide bonds. The first-order chi connectivity index (χ1) is 12.1. The molecule has 7 heteroatoms. The maximum atomic E-state index is 12.0. The number of ether oxygens (including phenoxy) is 2. The summed E-state index contributed by atoms with van der Waals surface area (Å²) in [4.78, 5) is 12.0. The van der Waals surface area contributed by atoms with Crippen molar-refractivity contribution in [3.63, 3.8) is 0 Å². The Bertz CT molecular complexity index is 564. The van der Waals surface area contributed by atoms with Gasteiger partial charge in [0, 0.05) is 18.9 Å². The van der Waals surface area contributed by atoms with Crippen LogP contribution in [0, 0.1) is 5.92 Å². The molecule has 25 heavy (non-hydrogen) atoms. The Morgan fingerprint density at radius 3 is 3.00 bits per heavy atom. The van der Waals surface area contributed by atoms with Crippen LogP contribution in [0.3, 0.4) is 0 Å². The molecule has 2 atom stereocenters. The van der Waals surface area contributed by atoms with Crippen molar-refractivity contribution in [2.24, 2.45) is 5.92 Å². The molecule has 2 aliphatic heterocycles. The summed E-state index contributed by atoms with van der Waals surface area (Å²) >= 11 is 0. The third-order valence-electron chi connectivity index (χ3n) is 5.42. The Morgan fingerprint density at radius 2 is 2.28 bits per heavy atom. The monoisotopic (exact) mass is 350 g/mol. The van der Waals surface area contributed by atoms with Gasteiger partial charge in [-0.25, -0.2) is 4.68 Å². The summed E-state index contributed by atoms with van der Waals surface area (Å²) in [6.07, 6.45) is 8.08. The second-order valence-electron chi connectivity index (χ2n) is 7.28. The minimum absolute atomic E-state index is 0.0738. The molecular weight excluding hydrogens is 320 g/mol. The van der Waals surface area contributed by atoms with E-state index in [4.69, 9.17) is 9.47 Å². The Balaban J connectivity index is 1.49. The Kier molecular flexibility index (Phi) is 6.06. The van der Waals surface area contributed by atoms with Gasteiger partial charge in [0.1, 0.15) is 5.69 Å². The lowest BCUT2D eigenvalue weighted by atomic mass is 9.91. The molecule has 2 fully saturated rings. The van der Waals surface area contributed by atoms with Gasteiger partial charge in [-0.3, -0.25) is 4.79 Å². The van der Waals surface area contributed by atoms with Gasteiger partial charge in [0.25, 0.3) is 0 Å². The number of carbonyl (C=O) groups is 1. The van der Waals surface area contributed by atoms with Crippen LogP contribution in [0.4, 0.5) is 0 Å². The number of rotatable bonds is 7. The molecule has 1 spiro atoms. The fourth-order valence-corrected chi connectivity index (χ4v) is 3.83. The van der Waals surface area contributed by atoms with Crippen LogP contribution in [-0.2, 0) is 27.4 Å². The van der Waals surface area contributed by atoms with E-state index in [0.29, 0.717) is 19.7 Å². The normalized spacial score (nSPS) is 26.4. The lowest BCUT2D eigenvalue weighted by Crippen LogP contribution is -2.42. The topological polar surface area (TPSA) is 78.3 Å². The highest BCUT2D eigenvalue weighted by molar-refractivity contribution is 5.78. The Morgan fingerprint density at radius 1 is 1.44 bits per heavy atom. The summed E-state index contributed by atoms with van der Waals surface area (Å²) < 4.78 is 13.7. The standard InChI is InChI=1S/C18H30N4O3/c1-3-14(4-2)17(23)19-10-15-11-22(21-20-15)12-16-6-5-7-18(25-16)8-9-24-13-18/h11,14,16H,3-10,12-13H2,1-2H3,(H,19,23). The number of nitrogens with zero attached hydrogens (tertiary/aromatic N) is 3. The highest BCUT2D eigenvalue weighted by Crippen LogP contribution is 2.35.